The molecule has 3 aromatic carbocycles. The second-order valence-corrected chi connectivity index (χ2v) is 7.95. The maximum Gasteiger partial charge on any atom is 0.261 e. The molecule has 1 heterocycles. The fourth-order valence-electron chi connectivity index (χ4n) is 4.27. The third-order valence-corrected chi connectivity index (χ3v) is 5.94. The lowest BCUT2D eigenvalue weighted by Gasteiger charge is -2.39. The lowest BCUT2D eigenvalue weighted by Crippen LogP contribution is -2.47. The monoisotopic (exact) mass is 436 g/mol. The van der Waals surface area contributed by atoms with Crippen LogP contribution in [-0.2, 0) is 6.54 Å². The predicted octanol–water partition coefficient (Wildman–Crippen LogP) is 5.28. The summed E-state index contributed by atoms with van der Waals surface area (Å²) in [5, 5.41) is 0. The Kier molecular flexibility index (Phi) is 6.81. The van der Waals surface area contributed by atoms with Gasteiger partial charge in [0.2, 0.25) is 0 Å². The van der Waals surface area contributed by atoms with E-state index < -0.39 is 11.7 Å². The summed E-state index contributed by atoms with van der Waals surface area (Å²) in [6.07, 6.45) is 1.46. The summed E-state index contributed by atoms with van der Waals surface area (Å²) < 4.78 is 33.4. The second kappa shape index (κ2) is 9.92. The molecule has 1 amide bonds. The van der Waals surface area contributed by atoms with Gasteiger partial charge < -0.3 is 9.64 Å². The summed E-state index contributed by atoms with van der Waals surface area (Å²) in [7, 11) is 1.67. The Balaban J connectivity index is 1.53. The first-order valence-corrected chi connectivity index (χ1v) is 10.7. The summed E-state index contributed by atoms with van der Waals surface area (Å²) in [5.74, 6) is -0.480. The van der Waals surface area contributed by atoms with Crippen molar-refractivity contribution in [2.75, 3.05) is 25.1 Å². The predicted molar refractivity (Wildman–Crippen MR) is 121 cm³/mol. The third kappa shape index (κ3) is 4.81. The van der Waals surface area contributed by atoms with Crippen LogP contribution in [-0.4, -0.2) is 37.0 Å². The number of methoxy groups -OCH3 is 1. The number of rotatable bonds is 6. The summed E-state index contributed by atoms with van der Waals surface area (Å²) >= 11 is 0. The number of piperidine rings is 1. The van der Waals surface area contributed by atoms with Gasteiger partial charge in [0.05, 0.1) is 12.7 Å². The molecular weight excluding hydrogens is 410 g/mol. The summed E-state index contributed by atoms with van der Waals surface area (Å²) in [6.45, 7) is 2.32. The minimum atomic E-state index is -0.557. The molecule has 1 fully saturated rings. The van der Waals surface area contributed by atoms with Crippen molar-refractivity contribution in [1.82, 2.24) is 4.90 Å². The zero-order valence-electron chi connectivity index (χ0n) is 18.0. The van der Waals surface area contributed by atoms with Crippen LogP contribution in [0.2, 0.25) is 0 Å². The normalized spacial score (nSPS) is 14.8. The second-order valence-electron chi connectivity index (χ2n) is 7.95. The van der Waals surface area contributed by atoms with Crippen molar-refractivity contribution < 1.29 is 18.3 Å². The van der Waals surface area contributed by atoms with Crippen LogP contribution in [0.1, 0.15) is 28.8 Å². The first kappa shape index (κ1) is 22.0. The zero-order valence-corrected chi connectivity index (χ0v) is 18.0. The standard InChI is InChI=1S/C26H26F2N2O2/c1-32-25-9-5-2-6-19(25)18-29-16-14-22(15-17-29)30(21-12-10-20(27)11-13-21)26(31)23-7-3-4-8-24(23)28/h2-13,22H,14-18H2,1H3. The Morgan fingerprint density at radius 3 is 2.31 bits per heavy atom. The highest BCUT2D eigenvalue weighted by molar-refractivity contribution is 6.06. The van der Waals surface area contributed by atoms with Gasteiger partial charge in [-0.1, -0.05) is 30.3 Å². The van der Waals surface area contributed by atoms with Gasteiger partial charge in [-0.15, -0.1) is 0 Å². The molecule has 0 aliphatic carbocycles. The maximum atomic E-state index is 14.4. The van der Waals surface area contributed by atoms with Crippen LogP contribution in [0.3, 0.4) is 0 Å². The highest BCUT2D eigenvalue weighted by Gasteiger charge is 2.31. The molecule has 0 saturated carbocycles. The van der Waals surface area contributed by atoms with Gasteiger partial charge in [0, 0.05) is 36.9 Å². The molecule has 3 aromatic rings. The van der Waals surface area contributed by atoms with E-state index in [1.807, 2.05) is 18.2 Å². The number of amides is 1. The van der Waals surface area contributed by atoms with Crippen LogP contribution in [0.4, 0.5) is 14.5 Å². The average Bonchev–Trinajstić information content (AvgIpc) is 2.82. The SMILES string of the molecule is COc1ccccc1CN1CCC(N(C(=O)c2ccccc2F)c2ccc(F)cc2)CC1. The maximum absolute atomic E-state index is 14.4. The summed E-state index contributed by atoms with van der Waals surface area (Å²) in [4.78, 5) is 17.3. The van der Waals surface area contributed by atoms with Gasteiger partial charge in [-0.3, -0.25) is 9.69 Å². The minimum Gasteiger partial charge on any atom is -0.496 e. The molecule has 0 radical (unpaired) electrons. The van der Waals surface area contributed by atoms with E-state index in [1.165, 1.54) is 24.3 Å². The molecule has 0 bridgehead atoms. The largest absolute Gasteiger partial charge is 0.496 e. The van der Waals surface area contributed by atoms with Crippen LogP contribution in [0.15, 0.2) is 72.8 Å². The zero-order chi connectivity index (χ0) is 22.5. The number of carbonyl (C=O) groups is 1. The molecule has 6 heteroatoms. The topological polar surface area (TPSA) is 32.8 Å². The molecule has 1 saturated heterocycles. The number of halogens is 2. The molecule has 0 atom stereocenters. The number of nitrogens with zero attached hydrogens (tertiary/aromatic N) is 2. The van der Waals surface area contributed by atoms with Crippen molar-refractivity contribution >= 4 is 11.6 Å². The van der Waals surface area contributed by atoms with Crippen molar-refractivity contribution in [2.45, 2.75) is 25.4 Å². The van der Waals surface area contributed by atoms with Gasteiger partial charge in [0.25, 0.3) is 5.91 Å². The first-order valence-electron chi connectivity index (χ1n) is 10.7. The molecule has 166 valence electrons. The Bertz CT molecular complexity index is 1060. The average molecular weight is 437 g/mol. The van der Waals surface area contributed by atoms with E-state index in [9.17, 15) is 13.6 Å². The van der Waals surface area contributed by atoms with Gasteiger partial charge in [-0.2, -0.15) is 0 Å². The number of carbonyl (C=O) groups excluding carboxylic acids is 1. The Labute approximate surface area is 187 Å². The number of ether oxygens (including phenoxy) is 1. The smallest absolute Gasteiger partial charge is 0.261 e. The molecule has 4 nitrogen and oxygen atoms in total. The molecule has 32 heavy (non-hydrogen) atoms. The van der Waals surface area contributed by atoms with E-state index in [0.717, 1.165) is 43.8 Å². The molecule has 0 N–H and O–H groups in total. The third-order valence-electron chi connectivity index (χ3n) is 5.94. The number of anilines is 1. The van der Waals surface area contributed by atoms with Crippen LogP contribution < -0.4 is 9.64 Å². The molecular formula is C26H26F2N2O2. The van der Waals surface area contributed by atoms with E-state index in [1.54, 1.807) is 36.3 Å². The van der Waals surface area contributed by atoms with Crippen molar-refractivity contribution in [3.05, 3.63) is 95.6 Å². The lowest BCUT2D eigenvalue weighted by atomic mass is 10.00. The van der Waals surface area contributed by atoms with E-state index in [2.05, 4.69) is 11.0 Å². The van der Waals surface area contributed by atoms with Gasteiger partial charge in [0.15, 0.2) is 0 Å². The Morgan fingerprint density at radius 1 is 0.969 bits per heavy atom. The van der Waals surface area contributed by atoms with Crippen LogP contribution >= 0.6 is 0 Å². The van der Waals surface area contributed by atoms with Gasteiger partial charge in [0.1, 0.15) is 17.4 Å². The molecule has 1 aliphatic rings. The summed E-state index contributed by atoms with van der Waals surface area (Å²) in [6, 6.07) is 19.6. The van der Waals surface area contributed by atoms with E-state index in [0.29, 0.717) is 5.69 Å². The Morgan fingerprint density at radius 2 is 1.62 bits per heavy atom. The number of benzene rings is 3. The van der Waals surface area contributed by atoms with Crippen LogP contribution in [0.5, 0.6) is 5.75 Å². The van der Waals surface area contributed by atoms with Gasteiger partial charge in [-0.25, -0.2) is 8.78 Å². The fraction of sp³-hybridized carbons (Fsp3) is 0.269. The van der Waals surface area contributed by atoms with Gasteiger partial charge in [-0.05, 0) is 55.3 Å². The van der Waals surface area contributed by atoms with Crippen LogP contribution in [0.25, 0.3) is 0 Å². The molecule has 4 rings (SSSR count). The quantitative estimate of drug-likeness (QED) is 0.527. The van der Waals surface area contributed by atoms with Crippen LogP contribution in [0, 0.1) is 11.6 Å². The van der Waals surface area contributed by atoms with Gasteiger partial charge >= 0.3 is 0 Å². The number of para-hydroxylation sites is 1. The van der Waals surface area contributed by atoms with E-state index >= 15 is 0 Å². The molecule has 0 aromatic heterocycles. The highest BCUT2D eigenvalue weighted by Crippen LogP contribution is 2.28. The van der Waals surface area contributed by atoms with E-state index in [4.69, 9.17) is 4.74 Å². The molecule has 0 unspecified atom stereocenters. The number of hydrogen-bond donors (Lipinski definition) is 0. The van der Waals surface area contributed by atoms with Crippen molar-refractivity contribution in [3.63, 3.8) is 0 Å². The Hall–Kier alpha value is -3.25. The number of hydrogen-bond acceptors (Lipinski definition) is 3. The van der Waals surface area contributed by atoms with E-state index in [-0.39, 0.29) is 17.4 Å². The number of likely N-dealkylation sites (tertiary alicyclic amines) is 1. The van der Waals surface area contributed by atoms with Crippen molar-refractivity contribution in [3.8, 4) is 5.75 Å². The highest BCUT2D eigenvalue weighted by atomic mass is 19.1. The van der Waals surface area contributed by atoms with Crippen molar-refractivity contribution in [1.29, 1.82) is 0 Å². The molecule has 1 aliphatic heterocycles. The minimum absolute atomic E-state index is 0.0216. The lowest BCUT2D eigenvalue weighted by molar-refractivity contribution is 0.0954. The van der Waals surface area contributed by atoms with Crippen molar-refractivity contribution in [2.24, 2.45) is 0 Å². The molecule has 0 spiro atoms. The fourth-order valence-corrected chi connectivity index (χ4v) is 4.27. The first-order chi connectivity index (χ1) is 15.6. The summed E-state index contributed by atoms with van der Waals surface area (Å²) in [5.41, 5.74) is 1.71.